The number of benzene rings is 1. The molecule has 1 saturated carbocycles. The van der Waals surface area contributed by atoms with E-state index in [1.54, 1.807) is 0 Å². The molecule has 1 aromatic rings. The standard InChI is InChI=1S/C19H31NO/c1-3-15-21-19-12-10-18(11-13-19)16(2)20-14-6-9-17-7-4-5-8-17/h10-13,16-17,20H,3-9,14-15H2,1-2H3. The summed E-state index contributed by atoms with van der Waals surface area (Å²) in [6.45, 7) is 6.31. The van der Waals surface area contributed by atoms with E-state index in [0.29, 0.717) is 6.04 Å². The molecule has 118 valence electrons. The van der Waals surface area contributed by atoms with Crippen LogP contribution in [-0.2, 0) is 0 Å². The highest BCUT2D eigenvalue weighted by Crippen LogP contribution is 2.28. The van der Waals surface area contributed by atoms with Crippen molar-refractivity contribution in [1.29, 1.82) is 0 Å². The van der Waals surface area contributed by atoms with Crippen LogP contribution in [0.2, 0.25) is 0 Å². The molecule has 1 aliphatic carbocycles. The second-order valence-electron chi connectivity index (χ2n) is 6.39. The Hall–Kier alpha value is -1.02. The van der Waals surface area contributed by atoms with E-state index >= 15 is 0 Å². The van der Waals surface area contributed by atoms with Crippen LogP contribution in [0, 0.1) is 5.92 Å². The van der Waals surface area contributed by atoms with Crippen LogP contribution in [0.5, 0.6) is 5.75 Å². The van der Waals surface area contributed by atoms with E-state index in [9.17, 15) is 0 Å². The van der Waals surface area contributed by atoms with Gasteiger partial charge in [-0.05, 0) is 56.3 Å². The van der Waals surface area contributed by atoms with Gasteiger partial charge in [0.15, 0.2) is 0 Å². The van der Waals surface area contributed by atoms with Gasteiger partial charge in [-0.3, -0.25) is 0 Å². The molecule has 21 heavy (non-hydrogen) atoms. The maximum Gasteiger partial charge on any atom is 0.119 e. The molecule has 0 spiro atoms. The topological polar surface area (TPSA) is 21.3 Å². The van der Waals surface area contributed by atoms with Crippen LogP contribution in [-0.4, -0.2) is 13.2 Å². The van der Waals surface area contributed by atoms with Crippen molar-refractivity contribution in [2.75, 3.05) is 13.2 Å². The van der Waals surface area contributed by atoms with Crippen molar-refractivity contribution in [3.63, 3.8) is 0 Å². The maximum absolute atomic E-state index is 5.62. The third-order valence-electron chi connectivity index (χ3n) is 4.57. The molecular weight excluding hydrogens is 258 g/mol. The van der Waals surface area contributed by atoms with Crippen LogP contribution in [0.15, 0.2) is 24.3 Å². The fraction of sp³-hybridized carbons (Fsp3) is 0.684. The first kappa shape index (κ1) is 16.4. The molecule has 2 heteroatoms. The molecule has 0 amide bonds. The largest absolute Gasteiger partial charge is 0.494 e. The summed E-state index contributed by atoms with van der Waals surface area (Å²) >= 11 is 0. The number of hydrogen-bond acceptors (Lipinski definition) is 2. The Labute approximate surface area is 130 Å². The molecular formula is C19H31NO. The summed E-state index contributed by atoms with van der Waals surface area (Å²) < 4.78 is 5.62. The van der Waals surface area contributed by atoms with E-state index in [0.717, 1.165) is 31.2 Å². The van der Waals surface area contributed by atoms with Crippen LogP contribution in [0.4, 0.5) is 0 Å². The van der Waals surface area contributed by atoms with Crippen molar-refractivity contribution in [2.45, 2.75) is 64.8 Å². The third-order valence-corrected chi connectivity index (χ3v) is 4.57. The van der Waals surface area contributed by atoms with Crippen LogP contribution in [0.1, 0.15) is 70.4 Å². The minimum absolute atomic E-state index is 0.425. The van der Waals surface area contributed by atoms with Crippen LogP contribution in [0.25, 0.3) is 0 Å². The first-order valence-electron chi connectivity index (χ1n) is 8.75. The fourth-order valence-electron chi connectivity index (χ4n) is 3.20. The highest BCUT2D eigenvalue weighted by molar-refractivity contribution is 5.28. The number of rotatable bonds is 9. The van der Waals surface area contributed by atoms with Crippen LogP contribution in [0.3, 0.4) is 0 Å². The minimum atomic E-state index is 0.425. The van der Waals surface area contributed by atoms with Crippen LogP contribution < -0.4 is 10.1 Å². The summed E-state index contributed by atoms with van der Waals surface area (Å²) in [6, 6.07) is 8.96. The van der Waals surface area contributed by atoms with E-state index in [-0.39, 0.29) is 0 Å². The zero-order chi connectivity index (χ0) is 14.9. The van der Waals surface area contributed by atoms with E-state index in [2.05, 4.69) is 43.4 Å². The number of hydrogen-bond donors (Lipinski definition) is 1. The molecule has 1 unspecified atom stereocenters. The van der Waals surface area contributed by atoms with Gasteiger partial charge in [0.1, 0.15) is 5.75 Å². The Morgan fingerprint density at radius 1 is 1.19 bits per heavy atom. The van der Waals surface area contributed by atoms with E-state index in [1.165, 1.54) is 44.1 Å². The van der Waals surface area contributed by atoms with E-state index < -0.39 is 0 Å². The molecule has 0 radical (unpaired) electrons. The monoisotopic (exact) mass is 289 g/mol. The molecule has 1 N–H and O–H groups in total. The third kappa shape index (κ3) is 5.70. The molecule has 1 aromatic carbocycles. The van der Waals surface area contributed by atoms with Gasteiger partial charge in [-0.15, -0.1) is 0 Å². The van der Waals surface area contributed by atoms with Gasteiger partial charge in [0.05, 0.1) is 6.61 Å². The predicted octanol–water partition coefficient (Wildman–Crippen LogP) is 5.10. The zero-order valence-electron chi connectivity index (χ0n) is 13.7. The van der Waals surface area contributed by atoms with Crippen LogP contribution >= 0.6 is 0 Å². The molecule has 1 aliphatic rings. The van der Waals surface area contributed by atoms with Crippen molar-refractivity contribution in [2.24, 2.45) is 5.92 Å². The summed E-state index contributed by atoms with van der Waals surface area (Å²) in [4.78, 5) is 0. The maximum atomic E-state index is 5.62. The summed E-state index contributed by atoms with van der Waals surface area (Å²) in [5.74, 6) is 1.99. The molecule has 2 rings (SSSR count). The summed E-state index contributed by atoms with van der Waals surface area (Å²) in [6.07, 6.45) is 9.63. The lowest BCUT2D eigenvalue weighted by molar-refractivity contribution is 0.317. The van der Waals surface area contributed by atoms with Gasteiger partial charge >= 0.3 is 0 Å². The Kier molecular flexibility index (Phi) is 7.08. The highest BCUT2D eigenvalue weighted by atomic mass is 16.5. The van der Waals surface area contributed by atoms with Crippen molar-refractivity contribution >= 4 is 0 Å². The molecule has 2 nitrogen and oxygen atoms in total. The lowest BCUT2D eigenvalue weighted by Crippen LogP contribution is -2.20. The van der Waals surface area contributed by atoms with Crippen molar-refractivity contribution in [1.82, 2.24) is 5.32 Å². The lowest BCUT2D eigenvalue weighted by Gasteiger charge is -2.16. The average Bonchev–Trinajstić information content (AvgIpc) is 3.03. The van der Waals surface area contributed by atoms with Gasteiger partial charge in [0.2, 0.25) is 0 Å². The Bertz CT molecular complexity index is 381. The Balaban J connectivity index is 1.66. The van der Waals surface area contributed by atoms with Crippen molar-refractivity contribution in [3.8, 4) is 5.75 Å². The fourth-order valence-corrected chi connectivity index (χ4v) is 3.20. The van der Waals surface area contributed by atoms with Crippen molar-refractivity contribution in [3.05, 3.63) is 29.8 Å². The van der Waals surface area contributed by atoms with E-state index in [4.69, 9.17) is 4.74 Å². The van der Waals surface area contributed by atoms with Gasteiger partial charge in [-0.25, -0.2) is 0 Å². The first-order chi connectivity index (χ1) is 10.3. The molecule has 0 bridgehead atoms. The number of nitrogens with one attached hydrogen (secondary N) is 1. The molecule has 0 saturated heterocycles. The Morgan fingerprint density at radius 3 is 2.57 bits per heavy atom. The second-order valence-corrected chi connectivity index (χ2v) is 6.39. The Morgan fingerprint density at radius 2 is 1.90 bits per heavy atom. The summed E-state index contributed by atoms with van der Waals surface area (Å²) in [5.41, 5.74) is 1.35. The molecule has 0 aliphatic heterocycles. The summed E-state index contributed by atoms with van der Waals surface area (Å²) in [7, 11) is 0. The average molecular weight is 289 g/mol. The van der Waals surface area contributed by atoms with Gasteiger partial charge in [-0.2, -0.15) is 0 Å². The predicted molar refractivity (Wildman–Crippen MR) is 89.8 cm³/mol. The highest BCUT2D eigenvalue weighted by Gasteiger charge is 2.14. The van der Waals surface area contributed by atoms with Gasteiger partial charge in [0.25, 0.3) is 0 Å². The van der Waals surface area contributed by atoms with E-state index in [1.807, 2.05) is 0 Å². The number of ether oxygens (including phenoxy) is 1. The molecule has 1 atom stereocenters. The second kappa shape index (κ2) is 9.09. The molecule has 0 heterocycles. The lowest BCUT2D eigenvalue weighted by atomic mass is 10.0. The molecule has 0 aromatic heterocycles. The quantitative estimate of drug-likeness (QED) is 0.639. The summed E-state index contributed by atoms with van der Waals surface area (Å²) in [5, 5.41) is 3.64. The minimum Gasteiger partial charge on any atom is -0.494 e. The SMILES string of the molecule is CCCOc1ccc(C(C)NCCCC2CCCC2)cc1. The smallest absolute Gasteiger partial charge is 0.119 e. The normalized spacial score (nSPS) is 17.0. The first-order valence-corrected chi connectivity index (χ1v) is 8.75. The zero-order valence-corrected chi connectivity index (χ0v) is 13.7. The van der Waals surface area contributed by atoms with Crippen molar-refractivity contribution < 1.29 is 4.74 Å². The van der Waals surface area contributed by atoms with Gasteiger partial charge in [-0.1, -0.05) is 44.7 Å². The molecule has 1 fully saturated rings. The van der Waals surface area contributed by atoms with Gasteiger partial charge < -0.3 is 10.1 Å². The van der Waals surface area contributed by atoms with Gasteiger partial charge in [0, 0.05) is 6.04 Å².